The SMILES string of the molecule is CCCN(/N=C(\C)N1CCCC1)C(C)=NC. The van der Waals surface area contributed by atoms with Gasteiger partial charge in [0.1, 0.15) is 11.7 Å². The van der Waals surface area contributed by atoms with Crippen molar-refractivity contribution in [2.24, 2.45) is 10.1 Å². The molecule has 0 N–H and O–H groups in total. The molecule has 0 aliphatic carbocycles. The van der Waals surface area contributed by atoms with E-state index in [9.17, 15) is 0 Å². The number of nitrogens with zero attached hydrogens (tertiary/aromatic N) is 4. The molecule has 0 spiro atoms. The van der Waals surface area contributed by atoms with Crippen LogP contribution in [-0.4, -0.2) is 48.3 Å². The molecule has 1 aliphatic rings. The van der Waals surface area contributed by atoms with Gasteiger partial charge in [0, 0.05) is 26.7 Å². The molecule has 0 radical (unpaired) electrons. The van der Waals surface area contributed by atoms with E-state index in [1.807, 2.05) is 19.0 Å². The molecule has 1 fully saturated rings. The standard InChI is InChI=1S/C12H24N4/c1-5-8-16(11(2)13-4)14-12(3)15-9-6-7-10-15/h5-10H2,1-4H3/b13-11?,14-12+. The highest BCUT2D eigenvalue weighted by Gasteiger charge is 2.14. The lowest BCUT2D eigenvalue weighted by molar-refractivity contribution is 0.417. The number of amidine groups is 2. The smallest absolute Gasteiger partial charge is 0.122 e. The highest BCUT2D eigenvalue weighted by atomic mass is 15.5. The Morgan fingerprint density at radius 3 is 2.38 bits per heavy atom. The molecule has 0 aromatic heterocycles. The van der Waals surface area contributed by atoms with E-state index in [0.717, 1.165) is 37.7 Å². The van der Waals surface area contributed by atoms with Crippen LogP contribution in [0.15, 0.2) is 10.1 Å². The largest absolute Gasteiger partial charge is 0.359 e. The van der Waals surface area contributed by atoms with Crippen LogP contribution in [0.25, 0.3) is 0 Å². The quantitative estimate of drug-likeness (QED) is 0.418. The summed E-state index contributed by atoms with van der Waals surface area (Å²) in [5.74, 6) is 2.11. The van der Waals surface area contributed by atoms with E-state index in [2.05, 4.69) is 28.8 Å². The van der Waals surface area contributed by atoms with Gasteiger partial charge in [0.25, 0.3) is 0 Å². The summed E-state index contributed by atoms with van der Waals surface area (Å²) in [6.45, 7) is 9.51. The van der Waals surface area contributed by atoms with Crippen LogP contribution in [0.4, 0.5) is 0 Å². The van der Waals surface area contributed by atoms with Crippen LogP contribution in [0.1, 0.15) is 40.0 Å². The van der Waals surface area contributed by atoms with Crippen molar-refractivity contribution in [1.29, 1.82) is 0 Å². The first-order valence-corrected chi connectivity index (χ1v) is 6.20. The molecule has 92 valence electrons. The topological polar surface area (TPSA) is 31.2 Å². The molecule has 0 amide bonds. The van der Waals surface area contributed by atoms with Gasteiger partial charge >= 0.3 is 0 Å². The Labute approximate surface area is 99.0 Å². The van der Waals surface area contributed by atoms with Gasteiger partial charge in [-0.3, -0.25) is 10.0 Å². The summed E-state index contributed by atoms with van der Waals surface area (Å²) >= 11 is 0. The van der Waals surface area contributed by atoms with E-state index < -0.39 is 0 Å². The third kappa shape index (κ3) is 3.51. The number of aliphatic imine (C=N–C) groups is 1. The zero-order valence-electron chi connectivity index (χ0n) is 11.0. The minimum Gasteiger partial charge on any atom is -0.359 e. The molecule has 0 unspecified atom stereocenters. The average molecular weight is 224 g/mol. The number of rotatable bonds is 3. The summed E-state index contributed by atoms with van der Waals surface area (Å²) in [7, 11) is 1.82. The molecule has 0 aromatic carbocycles. The Morgan fingerprint density at radius 1 is 1.25 bits per heavy atom. The second-order valence-electron chi connectivity index (χ2n) is 4.24. The third-order valence-corrected chi connectivity index (χ3v) is 2.96. The van der Waals surface area contributed by atoms with Gasteiger partial charge in [-0.25, -0.2) is 0 Å². The first kappa shape index (κ1) is 13.0. The maximum Gasteiger partial charge on any atom is 0.122 e. The molecule has 16 heavy (non-hydrogen) atoms. The van der Waals surface area contributed by atoms with Crippen molar-refractivity contribution in [2.45, 2.75) is 40.0 Å². The summed E-state index contributed by atoms with van der Waals surface area (Å²) in [6, 6.07) is 0. The van der Waals surface area contributed by atoms with Crippen molar-refractivity contribution in [3.63, 3.8) is 0 Å². The molecule has 1 saturated heterocycles. The lowest BCUT2D eigenvalue weighted by Gasteiger charge is -2.22. The summed E-state index contributed by atoms with van der Waals surface area (Å²) in [5, 5.41) is 6.67. The van der Waals surface area contributed by atoms with Crippen molar-refractivity contribution < 1.29 is 0 Å². The zero-order valence-corrected chi connectivity index (χ0v) is 11.0. The average Bonchev–Trinajstić information content (AvgIpc) is 2.80. The zero-order chi connectivity index (χ0) is 12.0. The van der Waals surface area contributed by atoms with E-state index in [4.69, 9.17) is 0 Å². The fourth-order valence-electron chi connectivity index (χ4n) is 1.89. The molecule has 0 aromatic rings. The normalized spacial score (nSPS) is 18.1. The van der Waals surface area contributed by atoms with Gasteiger partial charge in [0.2, 0.25) is 0 Å². The minimum atomic E-state index is 0.939. The van der Waals surface area contributed by atoms with Crippen LogP contribution in [0, 0.1) is 0 Å². The van der Waals surface area contributed by atoms with Gasteiger partial charge in [-0.2, -0.15) is 5.10 Å². The molecule has 0 bridgehead atoms. The number of hydrogen-bond donors (Lipinski definition) is 0. The van der Waals surface area contributed by atoms with Crippen molar-refractivity contribution >= 4 is 11.7 Å². The molecule has 4 heteroatoms. The van der Waals surface area contributed by atoms with E-state index in [1.54, 1.807) is 0 Å². The maximum atomic E-state index is 4.66. The van der Waals surface area contributed by atoms with Crippen LogP contribution in [-0.2, 0) is 0 Å². The van der Waals surface area contributed by atoms with Gasteiger partial charge in [-0.05, 0) is 33.1 Å². The maximum absolute atomic E-state index is 4.66. The van der Waals surface area contributed by atoms with Gasteiger partial charge in [0.15, 0.2) is 0 Å². The first-order chi connectivity index (χ1) is 7.69. The number of likely N-dealkylation sites (tertiary alicyclic amines) is 1. The van der Waals surface area contributed by atoms with E-state index in [0.29, 0.717) is 0 Å². The lowest BCUT2D eigenvalue weighted by Crippen LogP contribution is -2.31. The predicted molar refractivity (Wildman–Crippen MR) is 69.9 cm³/mol. The van der Waals surface area contributed by atoms with Crippen molar-refractivity contribution in [3.05, 3.63) is 0 Å². The number of hydrogen-bond acceptors (Lipinski definition) is 2. The van der Waals surface area contributed by atoms with Crippen molar-refractivity contribution in [2.75, 3.05) is 26.7 Å². The molecule has 0 atom stereocenters. The second kappa shape index (κ2) is 6.51. The highest BCUT2D eigenvalue weighted by molar-refractivity contribution is 5.84. The van der Waals surface area contributed by atoms with Crippen LogP contribution in [0.2, 0.25) is 0 Å². The third-order valence-electron chi connectivity index (χ3n) is 2.96. The Hall–Kier alpha value is -1.06. The molecule has 0 saturated carbocycles. The Bertz CT molecular complexity index is 264. The first-order valence-electron chi connectivity index (χ1n) is 6.20. The van der Waals surface area contributed by atoms with Crippen LogP contribution in [0.3, 0.4) is 0 Å². The summed E-state index contributed by atoms with van der Waals surface area (Å²) in [4.78, 5) is 6.56. The molecule has 1 rings (SSSR count). The molecular weight excluding hydrogens is 200 g/mol. The Kier molecular flexibility index (Phi) is 5.29. The molecular formula is C12H24N4. The Morgan fingerprint density at radius 2 is 1.88 bits per heavy atom. The van der Waals surface area contributed by atoms with Crippen LogP contribution in [0.5, 0.6) is 0 Å². The fraction of sp³-hybridized carbons (Fsp3) is 0.833. The van der Waals surface area contributed by atoms with Gasteiger partial charge in [-0.15, -0.1) is 0 Å². The fourth-order valence-corrected chi connectivity index (χ4v) is 1.89. The Balaban J connectivity index is 2.67. The van der Waals surface area contributed by atoms with Gasteiger partial charge in [0.05, 0.1) is 0 Å². The molecule has 1 heterocycles. The second-order valence-corrected chi connectivity index (χ2v) is 4.24. The molecule has 4 nitrogen and oxygen atoms in total. The summed E-state index contributed by atoms with van der Waals surface area (Å²) in [6.07, 6.45) is 3.67. The monoisotopic (exact) mass is 224 g/mol. The van der Waals surface area contributed by atoms with E-state index >= 15 is 0 Å². The van der Waals surface area contributed by atoms with Gasteiger partial charge in [-0.1, -0.05) is 6.92 Å². The number of hydrazone groups is 1. The van der Waals surface area contributed by atoms with E-state index in [1.165, 1.54) is 12.8 Å². The predicted octanol–water partition coefficient (Wildman–Crippen LogP) is 2.18. The van der Waals surface area contributed by atoms with E-state index in [-0.39, 0.29) is 0 Å². The highest BCUT2D eigenvalue weighted by Crippen LogP contribution is 2.09. The van der Waals surface area contributed by atoms with Crippen LogP contribution < -0.4 is 0 Å². The minimum absolute atomic E-state index is 0.939. The van der Waals surface area contributed by atoms with Crippen molar-refractivity contribution in [1.82, 2.24) is 9.91 Å². The van der Waals surface area contributed by atoms with Crippen molar-refractivity contribution in [3.8, 4) is 0 Å². The summed E-state index contributed by atoms with van der Waals surface area (Å²) in [5.41, 5.74) is 0. The van der Waals surface area contributed by atoms with Crippen LogP contribution >= 0.6 is 0 Å². The van der Waals surface area contributed by atoms with Gasteiger partial charge < -0.3 is 4.90 Å². The lowest BCUT2D eigenvalue weighted by atomic mass is 10.4. The molecule has 1 aliphatic heterocycles. The summed E-state index contributed by atoms with van der Waals surface area (Å²) < 4.78 is 0.